The second kappa shape index (κ2) is 12.9. The molecule has 0 rings (SSSR count). The van der Waals surface area contributed by atoms with Crippen molar-refractivity contribution in [3.63, 3.8) is 0 Å². The minimum absolute atomic E-state index is 0.189. The molecule has 0 fully saturated rings. The smallest absolute Gasteiger partial charge is 0.305 e. The van der Waals surface area contributed by atoms with Gasteiger partial charge in [-0.1, -0.05) is 45.4 Å². The lowest BCUT2D eigenvalue weighted by atomic mass is 9.92. The van der Waals surface area contributed by atoms with E-state index in [1.165, 1.54) is 46.3 Å². The monoisotopic (exact) mass is 286 g/mol. The number of carbonyl (C=O) groups is 2. The van der Waals surface area contributed by atoms with E-state index in [2.05, 4.69) is 11.7 Å². The quantitative estimate of drug-likeness (QED) is 0.404. The number of unbranched alkanes of at least 4 members (excludes halogenated alkanes) is 5. The Kier molecular flexibility index (Phi) is 12.3. The predicted octanol–water partition coefficient (Wildman–Crippen LogP) is 3.87. The standard InChI is InChI=1S/C16H30O4/c1-4-5-6-7-8-9-10-14(13-16(18)20-3)11-12-15(17)19-2/h14H,4-13H2,1-3H3. The van der Waals surface area contributed by atoms with Gasteiger partial charge in [0.2, 0.25) is 0 Å². The Morgan fingerprint density at radius 3 is 2.05 bits per heavy atom. The highest BCUT2D eigenvalue weighted by Gasteiger charge is 2.16. The van der Waals surface area contributed by atoms with E-state index in [9.17, 15) is 9.59 Å². The summed E-state index contributed by atoms with van der Waals surface area (Å²) >= 11 is 0. The van der Waals surface area contributed by atoms with Gasteiger partial charge in [0.05, 0.1) is 14.2 Å². The van der Waals surface area contributed by atoms with Crippen molar-refractivity contribution in [1.82, 2.24) is 0 Å². The van der Waals surface area contributed by atoms with Crippen molar-refractivity contribution in [2.24, 2.45) is 5.92 Å². The van der Waals surface area contributed by atoms with E-state index in [4.69, 9.17) is 4.74 Å². The van der Waals surface area contributed by atoms with E-state index in [-0.39, 0.29) is 17.9 Å². The van der Waals surface area contributed by atoms with Crippen molar-refractivity contribution in [2.45, 2.75) is 71.1 Å². The van der Waals surface area contributed by atoms with Gasteiger partial charge in [-0.3, -0.25) is 9.59 Å². The number of methoxy groups -OCH3 is 2. The van der Waals surface area contributed by atoms with Crippen LogP contribution in [0.4, 0.5) is 0 Å². The molecule has 118 valence electrons. The molecule has 0 N–H and O–H groups in total. The van der Waals surface area contributed by atoms with Crippen LogP contribution in [0.25, 0.3) is 0 Å². The van der Waals surface area contributed by atoms with Crippen LogP contribution in [-0.4, -0.2) is 26.2 Å². The summed E-state index contributed by atoms with van der Waals surface area (Å²) in [5, 5.41) is 0. The Bertz CT molecular complexity index is 263. The third kappa shape index (κ3) is 10.8. The van der Waals surface area contributed by atoms with Gasteiger partial charge in [-0.2, -0.15) is 0 Å². The van der Waals surface area contributed by atoms with Crippen LogP contribution in [0, 0.1) is 5.92 Å². The van der Waals surface area contributed by atoms with Gasteiger partial charge < -0.3 is 9.47 Å². The van der Waals surface area contributed by atoms with Crippen molar-refractivity contribution in [3.8, 4) is 0 Å². The molecule has 0 aromatic heterocycles. The fourth-order valence-electron chi connectivity index (χ4n) is 2.30. The Hall–Kier alpha value is -1.06. The van der Waals surface area contributed by atoms with Gasteiger partial charge in [-0.15, -0.1) is 0 Å². The molecule has 20 heavy (non-hydrogen) atoms. The van der Waals surface area contributed by atoms with Gasteiger partial charge in [0.25, 0.3) is 0 Å². The van der Waals surface area contributed by atoms with Crippen LogP contribution >= 0.6 is 0 Å². The first-order chi connectivity index (χ1) is 9.63. The van der Waals surface area contributed by atoms with Gasteiger partial charge in [-0.05, 0) is 18.8 Å². The summed E-state index contributed by atoms with van der Waals surface area (Å²) in [5.41, 5.74) is 0. The molecule has 1 unspecified atom stereocenters. The second-order valence-corrected chi connectivity index (χ2v) is 5.32. The Morgan fingerprint density at radius 2 is 1.45 bits per heavy atom. The summed E-state index contributed by atoms with van der Waals surface area (Å²) in [5.74, 6) is -0.165. The Morgan fingerprint density at radius 1 is 0.850 bits per heavy atom. The average Bonchev–Trinajstić information content (AvgIpc) is 2.47. The number of esters is 2. The van der Waals surface area contributed by atoms with Gasteiger partial charge in [0.1, 0.15) is 0 Å². The Labute approximate surface area is 123 Å². The fraction of sp³-hybridized carbons (Fsp3) is 0.875. The van der Waals surface area contributed by atoms with Crippen LogP contribution in [0.2, 0.25) is 0 Å². The van der Waals surface area contributed by atoms with E-state index in [1.54, 1.807) is 0 Å². The molecular weight excluding hydrogens is 256 g/mol. The number of rotatable bonds is 12. The van der Waals surface area contributed by atoms with E-state index in [1.807, 2.05) is 0 Å². The van der Waals surface area contributed by atoms with Crippen LogP contribution in [0.3, 0.4) is 0 Å². The molecule has 4 nitrogen and oxygen atoms in total. The number of hydrogen-bond donors (Lipinski definition) is 0. The first-order valence-corrected chi connectivity index (χ1v) is 7.77. The maximum Gasteiger partial charge on any atom is 0.305 e. The molecule has 0 aromatic rings. The molecule has 0 amide bonds. The topological polar surface area (TPSA) is 52.6 Å². The summed E-state index contributed by atoms with van der Waals surface area (Å²) in [6, 6.07) is 0. The third-order valence-corrected chi connectivity index (χ3v) is 3.63. The molecule has 0 bridgehead atoms. The lowest BCUT2D eigenvalue weighted by molar-refractivity contribution is -0.144. The molecule has 0 aliphatic rings. The molecule has 0 radical (unpaired) electrons. The molecule has 1 atom stereocenters. The van der Waals surface area contributed by atoms with E-state index < -0.39 is 0 Å². The van der Waals surface area contributed by atoms with E-state index >= 15 is 0 Å². The maximum atomic E-state index is 11.4. The predicted molar refractivity (Wildman–Crippen MR) is 79.4 cm³/mol. The molecule has 0 aromatic carbocycles. The number of ether oxygens (including phenoxy) is 2. The molecule has 0 aliphatic carbocycles. The average molecular weight is 286 g/mol. The van der Waals surface area contributed by atoms with Crippen molar-refractivity contribution in [1.29, 1.82) is 0 Å². The van der Waals surface area contributed by atoms with Crippen molar-refractivity contribution in [2.75, 3.05) is 14.2 Å². The molecular formula is C16H30O4. The zero-order valence-corrected chi connectivity index (χ0v) is 13.3. The molecule has 0 spiro atoms. The normalized spacial score (nSPS) is 11.9. The van der Waals surface area contributed by atoms with Crippen molar-refractivity contribution in [3.05, 3.63) is 0 Å². The van der Waals surface area contributed by atoms with E-state index in [0.29, 0.717) is 19.3 Å². The fourth-order valence-corrected chi connectivity index (χ4v) is 2.30. The summed E-state index contributed by atoms with van der Waals surface area (Å²) in [4.78, 5) is 22.6. The summed E-state index contributed by atoms with van der Waals surface area (Å²) in [6.45, 7) is 2.21. The van der Waals surface area contributed by atoms with E-state index in [0.717, 1.165) is 12.8 Å². The largest absolute Gasteiger partial charge is 0.469 e. The summed E-state index contributed by atoms with van der Waals surface area (Å²) in [6.07, 6.45) is 9.90. The van der Waals surface area contributed by atoms with Crippen LogP contribution in [-0.2, 0) is 19.1 Å². The molecule has 0 heterocycles. The SMILES string of the molecule is CCCCCCCCC(CCC(=O)OC)CC(=O)OC. The number of hydrogen-bond acceptors (Lipinski definition) is 4. The minimum atomic E-state index is -0.206. The number of carbonyl (C=O) groups excluding carboxylic acids is 2. The Balaban J connectivity index is 3.91. The molecule has 0 saturated carbocycles. The second-order valence-electron chi connectivity index (χ2n) is 5.32. The van der Waals surface area contributed by atoms with Gasteiger partial charge in [0.15, 0.2) is 0 Å². The first kappa shape index (κ1) is 18.9. The lowest BCUT2D eigenvalue weighted by Crippen LogP contribution is -2.12. The molecule has 0 aliphatic heterocycles. The highest BCUT2D eigenvalue weighted by Crippen LogP contribution is 2.21. The van der Waals surface area contributed by atoms with Crippen molar-refractivity contribution < 1.29 is 19.1 Å². The molecule has 0 saturated heterocycles. The van der Waals surface area contributed by atoms with Gasteiger partial charge >= 0.3 is 11.9 Å². The van der Waals surface area contributed by atoms with Crippen molar-refractivity contribution >= 4 is 11.9 Å². The van der Waals surface area contributed by atoms with Crippen LogP contribution < -0.4 is 0 Å². The third-order valence-electron chi connectivity index (χ3n) is 3.63. The first-order valence-electron chi connectivity index (χ1n) is 7.77. The minimum Gasteiger partial charge on any atom is -0.469 e. The highest BCUT2D eigenvalue weighted by atomic mass is 16.5. The van der Waals surface area contributed by atoms with Crippen LogP contribution in [0.5, 0.6) is 0 Å². The zero-order chi connectivity index (χ0) is 15.2. The zero-order valence-electron chi connectivity index (χ0n) is 13.3. The van der Waals surface area contributed by atoms with Gasteiger partial charge in [-0.25, -0.2) is 0 Å². The summed E-state index contributed by atoms with van der Waals surface area (Å²) < 4.78 is 9.36. The highest BCUT2D eigenvalue weighted by molar-refractivity contribution is 5.70. The lowest BCUT2D eigenvalue weighted by Gasteiger charge is -2.15. The van der Waals surface area contributed by atoms with Crippen LogP contribution in [0.1, 0.15) is 71.1 Å². The molecule has 4 heteroatoms. The van der Waals surface area contributed by atoms with Crippen LogP contribution in [0.15, 0.2) is 0 Å². The van der Waals surface area contributed by atoms with Gasteiger partial charge in [0, 0.05) is 12.8 Å². The maximum absolute atomic E-state index is 11.4. The summed E-state index contributed by atoms with van der Waals surface area (Å²) in [7, 11) is 2.80.